The number of esters is 1. The van der Waals surface area contributed by atoms with Crippen molar-refractivity contribution >= 4 is 22.4 Å². The molecule has 0 amide bonds. The fraction of sp³-hybridized carbons (Fsp3) is 0.190. The highest BCUT2D eigenvalue weighted by Crippen LogP contribution is 2.40. The van der Waals surface area contributed by atoms with Gasteiger partial charge < -0.3 is 19.9 Å². The number of carbonyl (C=O) groups is 1. The van der Waals surface area contributed by atoms with Crippen LogP contribution in [0.25, 0.3) is 21.9 Å². The summed E-state index contributed by atoms with van der Waals surface area (Å²) in [7, 11) is 3.14. The number of methoxy groups -OCH3 is 2. The predicted molar refractivity (Wildman–Crippen MR) is 103 cm³/mol. The summed E-state index contributed by atoms with van der Waals surface area (Å²) in [6, 6.07) is 15.2. The highest BCUT2D eigenvalue weighted by Gasteiger charge is 2.21. The topological polar surface area (TPSA) is 70.8 Å². The molecule has 5 heteroatoms. The Morgan fingerprint density at radius 2 is 1.65 bits per heavy atom. The first kappa shape index (κ1) is 17.6. The summed E-state index contributed by atoms with van der Waals surface area (Å²) in [6.07, 6.45) is 0. The standard InChI is InChI=1S/C21H21NO4/c1-4-26-21(23)19-15(13-8-6-5-7-9-13)10-14-11-17(24-2)18(25-3)12-16(14)20(19)22/h5-12H,4,22H2,1-3H3. The molecule has 3 aromatic carbocycles. The zero-order valence-corrected chi connectivity index (χ0v) is 15.0. The smallest absolute Gasteiger partial charge is 0.340 e. The third-order valence-corrected chi connectivity index (χ3v) is 4.25. The molecule has 0 spiro atoms. The molecule has 0 aliphatic carbocycles. The van der Waals surface area contributed by atoms with Gasteiger partial charge >= 0.3 is 5.97 Å². The molecule has 3 aromatic rings. The fourth-order valence-electron chi connectivity index (χ4n) is 3.02. The third kappa shape index (κ3) is 3.04. The molecule has 5 nitrogen and oxygen atoms in total. The number of anilines is 1. The monoisotopic (exact) mass is 351 g/mol. The minimum absolute atomic E-state index is 0.274. The quantitative estimate of drug-likeness (QED) is 0.549. The largest absolute Gasteiger partial charge is 0.493 e. The van der Waals surface area contributed by atoms with Gasteiger partial charge in [-0.15, -0.1) is 0 Å². The average Bonchev–Trinajstić information content (AvgIpc) is 2.67. The van der Waals surface area contributed by atoms with Crippen molar-refractivity contribution in [3.05, 3.63) is 54.1 Å². The van der Waals surface area contributed by atoms with E-state index < -0.39 is 5.97 Å². The van der Waals surface area contributed by atoms with Crippen LogP contribution < -0.4 is 15.2 Å². The molecule has 0 bridgehead atoms. The summed E-state index contributed by atoms with van der Waals surface area (Å²) in [5, 5.41) is 1.57. The van der Waals surface area contributed by atoms with Gasteiger partial charge in [0.15, 0.2) is 11.5 Å². The summed E-state index contributed by atoms with van der Waals surface area (Å²) in [5.74, 6) is 0.705. The zero-order chi connectivity index (χ0) is 18.7. The second-order valence-corrected chi connectivity index (χ2v) is 5.73. The summed E-state index contributed by atoms with van der Waals surface area (Å²) in [5.41, 5.74) is 8.74. The van der Waals surface area contributed by atoms with Crippen molar-refractivity contribution in [2.24, 2.45) is 0 Å². The number of hydrogen-bond donors (Lipinski definition) is 1. The SMILES string of the molecule is CCOC(=O)c1c(-c2ccccc2)cc2cc(OC)c(OC)cc2c1N. The molecule has 0 atom stereocenters. The molecule has 0 unspecified atom stereocenters. The molecule has 0 aromatic heterocycles. The number of benzene rings is 3. The van der Waals surface area contributed by atoms with Crippen LogP contribution in [0.2, 0.25) is 0 Å². The molecule has 0 radical (unpaired) electrons. The summed E-state index contributed by atoms with van der Waals surface area (Å²) in [4.78, 5) is 12.6. The molecular weight excluding hydrogens is 330 g/mol. The van der Waals surface area contributed by atoms with Crippen molar-refractivity contribution in [3.8, 4) is 22.6 Å². The molecule has 0 fully saturated rings. The summed E-state index contributed by atoms with van der Waals surface area (Å²) >= 11 is 0. The first-order valence-electron chi connectivity index (χ1n) is 8.31. The average molecular weight is 351 g/mol. The maximum Gasteiger partial charge on any atom is 0.340 e. The Morgan fingerprint density at radius 1 is 1.00 bits per heavy atom. The van der Waals surface area contributed by atoms with Crippen molar-refractivity contribution in [3.63, 3.8) is 0 Å². The van der Waals surface area contributed by atoms with E-state index in [2.05, 4.69) is 0 Å². The van der Waals surface area contributed by atoms with Gasteiger partial charge in [-0.25, -0.2) is 4.79 Å². The Morgan fingerprint density at radius 3 is 2.27 bits per heavy atom. The van der Waals surface area contributed by atoms with Crippen molar-refractivity contribution < 1.29 is 19.0 Å². The molecule has 3 rings (SSSR count). The van der Waals surface area contributed by atoms with Crippen LogP contribution in [0.4, 0.5) is 5.69 Å². The van der Waals surface area contributed by atoms with Crippen LogP contribution >= 0.6 is 0 Å². The van der Waals surface area contributed by atoms with E-state index in [1.807, 2.05) is 42.5 Å². The number of ether oxygens (including phenoxy) is 3. The van der Waals surface area contributed by atoms with Gasteiger partial charge in [-0.2, -0.15) is 0 Å². The molecule has 26 heavy (non-hydrogen) atoms. The number of fused-ring (bicyclic) bond motifs is 1. The Balaban J connectivity index is 2.36. The number of rotatable bonds is 5. The van der Waals surface area contributed by atoms with Gasteiger partial charge in [0, 0.05) is 5.39 Å². The minimum atomic E-state index is -0.444. The van der Waals surface area contributed by atoms with Crippen molar-refractivity contribution in [2.45, 2.75) is 6.92 Å². The van der Waals surface area contributed by atoms with Crippen molar-refractivity contribution in [1.82, 2.24) is 0 Å². The van der Waals surface area contributed by atoms with Gasteiger partial charge in [0.2, 0.25) is 0 Å². The first-order chi connectivity index (χ1) is 12.6. The van der Waals surface area contributed by atoms with Crippen LogP contribution in [0.1, 0.15) is 17.3 Å². The van der Waals surface area contributed by atoms with E-state index in [1.54, 1.807) is 27.2 Å². The lowest BCUT2D eigenvalue weighted by Gasteiger charge is -2.16. The van der Waals surface area contributed by atoms with Gasteiger partial charge in [-0.3, -0.25) is 0 Å². The highest BCUT2D eigenvalue weighted by molar-refractivity contribution is 6.12. The van der Waals surface area contributed by atoms with Crippen LogP contribution in [-0.2, 0) is 4.74 Å². The van der Waals surface area contributed by atoms with E-state index >= 15 is 0 Å². The minimum Gasteiger partial charge on any atom is -0.493 e. The van der Waals surface area contributed by atoms with E-state index in [1.165, 1.54) is 0 Å². The predicted octanol–water partition coefficient (Wildman–Crippen LogP) is 4.28. The van der Waals surface area contributed by atoms with Crippen LogP contribution in [0.5, 0.6) is 11.5 Å². The van der Waals surface area contributed by atoms with Gasteiger partial charge in [-0.1, -0.05) is 30.3 Å². The normalized spacial score (nSPS) is 10.6. The maximum atomic E-state index is 12.6. The van der Waals surface area contributed by atoms with Crippen molar-refractivity contribution in [2.75, 3.05) is 26.6 Å². The van der Waals surface area contributed by atoms with Crippen LogP contribution in [0.15, 0.2) is 48.5 Å². The lowest BCUT2D eigenvalue weighted by atomic mass is 9.93. The molecule has 0 saturated heterocycles. The third-order valence-electron chi connectivity index (χ3n) is 4.25. The first-order valence-corrected chi connectivity index (χ1v) is 8.31. The fourth-order valence-corrected chi connectivity index (χ4v) is 3.02. The van der Waals surface area contributed by atoms with E-state index in [0.29, 0.717) is 28.1 Å². The second kappa shape index (κ2) is 7.35. The molecule has 0 saturated carbocycles. The Hall–Kier alpha value is -3.21. The Bertz CT molecular complexity index is 951. The number of hydrogen-bond acceptors (Lipinski definition) is 5. The lowest BCUT2D eigenvalue weighted by Crippen LogP contribution is -2.10. The van der Waals surface area contributed by atoms with Gasteiger partial charge in [0.25, 0.3) is 0 Å². The van der Waals surface area contributed by atoms with Crippen LogP contribution in [0.3, 0.4) is 0 Å². The second-order valence-electron chi connectivity index (χ2n) is 5.73. The Labute approximate surface area is 152 Å². The molecular formula is C21H21NO4. The number of nitrogen functional groups attached to an aromatic ring is 1. The van der Waals surface area contributed by atoms with E-state index in [4.69, 9.17) is 19.9 Å². The van der Waals surface area contributed by atoms with Gasteiger partial charge in [0.1, 0.15) is 0 Å². The van der Waals surface area contributed by atoms with Crippen LogP contribution in [0, 0.1) is 0 Å². The van der Waals surface area contributed by atoms with Gasteiger partial charge in [0.05, 0.1) is 32.1 Å². The highest BCUT2D eigenvalue weighted by atomic mass is 16.5. The molecule has 2 N–H and O–H groups in total. The maximum absolute atomic E-state index is 12.6. The number of nitrogens with two attached hydrogens (primary N) is 1. The molecule has 0 aliphatic heterocycles. The summed E-state index contributed by atoms with van der Waals surface area (Å²) in [6.45, 7) is 2.04. The number of carbonyl (C=O) groups excluding carboxylic acids is 1. The lowest BCUT2D eigenvalue weighted by molar-refractivity contribution is 0.0528. The van der Waals surface area contributed by atoms with Crippen molar-refractivity contribution in [1.29, 1.82) is 0 Å². The van der Waals surface area contributed by atoms with E-state index in [9.17, 15) is 4.79 Å². The Kier molecular flexibility index (Phi) is 4.98. The van der Waals surface area contributed by atoms with E-state index in [-0.39, 0.29) is 6.61 Å². The van der Waals surface area contributed by atoms with Gasteiger partial charge in [-0.05, 0) is 41.6 Å². The molecule has 0 aliphatic rings. The molecule has 134 valence electrons. The van der Waals surface area contributed by atoms with Crippen LogP contribution in [-0.4, -0.2) is 26.8 Å². The van der Waals surface area contributed by atoms with E-state index in [0.717, 1.165) is 16.5 Å². The summed E-state index contributed by atoms with van der Waals surface area (Å²) < 4.78 is 16.0. The zero-order valence-electron chi connectivity index (χ0n) is 15.0. The molecule has 0 heterocycles.